The van der Waals surface area contributed by atoms with Gasteiger partial charge in [0.2, 0.25) is 0 Å². The number of rotatable bonds is 3. The number of sulfonamides is 1. The van der Waals surface area contributed by atoms with Crippen LogP contribution in [-0.4, -0.2) is 36.9 Å². The zero-order valence-corrected chi connectivity index (χ0v) is 11.2. The van der Waals surface area contributed by atoms with Crippen LogP contribution in [0, 0.1) is 5.92 Å². The van der Waals surface area contributed by atoms with Crippen LogP contribution in [-0.2, 0) is 14.8 Å². The number of aliphatic carboxylic acids is 1. The van der Waals surface area contributed by atoms with E-state index < -0.39 is 21.9 Å². The van der Waals surface area contributed by atoms with Crippen LogP contribution in [0.1, 0.15) is 0 Å². The van der Waals surface area contributed by atoms with Crippen molar-refractivity contribution in [3.63, 3.8) is 0 Å². The van der Waals surface area contributed by atoms with E-state index in [0.29, 0.717) is 4.47 Å². The number of nitrogens with zero attached hydrogens (tertiary/aromatic N) is 1. The molecule has 5 nitrogen and oxygen atoms in total. The average Bonchev–Trinajstić information content (AvgIpc) is 2.47. The molecule has 0 aromatic carbocycles. The minimum atomic E-state index is -3.51. The van der Waals surface area contributed by atoms with Crippen LogP contribution in [0.3, 0.4) is 0 Å². The topological polar surface area (TPSA) is 74.7 Å². The van der Waals surface area contributed by atoms with Gasteiger partial charge in [-0.25, -0.2) is 8.42 Å². The van der Waals surface area contributed by atoms with Crippen molar-refractivity contribution in [2.24, 2.45) is 5.92 Å². The van der Waals surface area contributed by atoms with Crippen molar-refractivity contribution < 1.29 is 18.3 Å². The molecular formula is C8H8BrNO4S2. The first-order valence-corrected chi connectivity index (χ1v) is 7.50. The summed E-state index contributed by atoms with van der Waals surface area (Å²) in [5.74, 6) is -1.52. The number of thiophene rings is 1. The first kappa shape index (κ1) is 12.0. The third-order valence-electron chi connectivity index (χ3n) is 2.36. The first-order valence-electron chi connectivity index (χ1n) is 4.39. The summed E-state index contributed by atoms with van der Waals surface area (Å²) < 4.78 is 25.9. The van der Waals surface area contributed by atoms with Gasteiger partial charge in [-0.1, -0.05) is 0 Å². The highest BCUT2D eigenvalue weighted by atomic mass is 79.9. The van der Waals surface area contributed by atoms with E-state index in [1.807, 2.05) is 0 Å². The molecule has 0 bridgehead atoms. The molecular weight excluding hydrogens is 318 g/mol. The van der Waals surface area contributed by atoms with Gasteiger partial charge in [-0.2, -0.15) is 4.31 Å². The zero-order valence-electron chi connectivity index (χ0n) is 7.96. The smallest absolute Gasteiger partial charge is 0.309 e. The highest BCUT2D eigenvalue weighted by molar-refractivity contribution is 9.10. The second-order valence-electron chi connectivity index (χ2n) is 3.41. The quantitative estimate of drug-likeness (QED) is 0.906. The number of carboxylic acids is 1. The Kier molecular flexibility index (Phi) is 3.08. The summed E-state index contributed by atoms with van der Waals surface area (Å²) in [4.78, 5) is 10.6. The van der Waals surface area contributed by atoms with Gasteiger partial charge in [-0.05, 0) is 27.4 Å². The molecule has 1 aliphatic rings. The molecule has 2 rings (SSSR count). The van der Waals surface area contributed by atoms with Crippen LogP contribution in [0.5, 0.6) is 0 Å². The van der Waals surface area contributed by atoms with Gasteiger partial charge in [0.05, 0.1) is 5.92 Å². The molecule has 0 atom stereocenters. The molecule has 1 N–H and O–H groups in total. The van der Waals surface area contributed by atoms with Crippen molar-refractivity contribution in [1.29, 1.82) is 0 Å². The van der Waals surface area contributed by atoms with Gasteiger partial charge >= 0.3 is 5.97 Å². The normalized spacial score (nSPS) is 18.3. The predicted molar refractivity (Wildman–Crippen MR) is 61.9 cm³/mol. The molecule has 1 aliphatic heterocycles. The van der Waals surface area contributed by atoms with E-state index in [0.717, 1.165) is 11.3 Å². The van der Waals surface area contributed by atoms with Gasteiger partial charge in [0.25, 0.3) is 10.0 Å². The van der Waals surface area contributed by atoms with Crippen LogP contribution >= 0.6 is 27.3 Å². The van der Waals surface area contributed by atoms with E-state index in [1.165, 1.54) is 4.31 Å². The molecule has 1 fully saturated rings. The predicted octanol–water partition coefficient (Wildman–Crippen LogP) is 1.22. The lowest BCUT2D eigenvalue weighted by Gasteiger charge is -2.34. The van der Waals surface area contributed by atoms with E-state index in [-0.39, 0.29) is 17.3 Å². The lowest BCUT2D eigenvalue weighted by molar-refractivity contribution is -0.145. The summed E-state index contributed by atoms with van der Waals surface area (Å²) in [5, 5.41) is 10.3. The van der Waals surface area contributed by atoms with Crippen molar-refractivity contribution in [2.45, 2.75) is 4.21 Å². The summed E-state index contributed by atoms with van der Waals surface area (Å²) in [5.41, 5.74) is 0. The lowest BCUT2D eigenvalue weighted by Crippen LogP contribution is -2.52. The Labute approximate surface area is 105 Å². The summed E-state index contributed by atoms with van der Waals surface area (Å²) in [6.45, 7) is 0.115. The van der Waals surface area contributed by atoms with Crippen LogP contribution in [0.15, 0.2) is 20.1 Å². The lowest BCUT2D eigenvalue weighted by atomic mass is 10.0. The van der Waals surface area contributed by atoms with Gasteiger partial charge < -0.3 is 5.11 Å². The summed E-state index contributed by atoms with van der Waals surface area (Å²) in [6.07, 6.45) is 0. The maximum atomic E-state index is 12.0. The van der Waals surface area contributed by atoms with Gasteiger partial charge in [-0.15, -0.1) is 11.3 Å². The molecule has 0 aliphatic carbocycles. The van der Waals surface area contributed by atoms with Crippen LogP contribution in [0.25, 0.3) is 0 Å². The monoisotopic (exact) mass is 325 g/mol. The maximum absolute atomic E-state index is 12.0. The second-order valence-corrected chi connectivity index (χ2v) is 7.32. The van der Waals surface area contributed by atoms with Gasteiger partial charge in [0.1, 0.15) is 4.21 Å². The molecule has 2 heterocycles. The summed E-state index contributed by atoms with van der Waals surface area (Å²) >= 11 is 4.28. The SMILES string of the molecule is O=C(O)C1CN(S(=O)(=O)c2sccc2Br)C1. The van der Waals surface area contributed by atoms with E-state index >= 15 is 0 Å². The third-order valence-corrected chi connectivity index (χ3v) is 6.83. The number of carbonyl (C=O) groups is 1. The number of carboxylic acid groups (broad SMARTS) is 1. The van der Waals surface area contributed by atoms with Crippen LogP contribution < -0.4 is 0 Å². The number of hydrogen-bond donors (Lipinski definition) is 1. The highest BCUT2D eigenvalue weighted by Gasteiger charge is 2.41. The Bertz CT molecular complexity index is 518. The van der Waals surface area contributed by atoms with Crippen LogP contribution in [0.4, 0.5) is 0 Å². The van der Waals surface area contributed by atoms with E-state index in [4.69, 9.17) is 5.11 Å². The molecule has 1 aromatic heterocycles. The molecule has 0 amide bonds. The van der Waals surface area contributed by atoms with E-state index in [1.54, 1.807) is 11.4 Å². The zero-order chi connectivity index (χ0) is 11.9. The van der Waals surface area contributed by atoms with Gasteiger partial charge in [0, 0.05) is 17.6 Å². The van der Waals surface area contributed by atoms with Gasteiger partial charge in [-0.3, -0.25) is 4.79 Å². The van der Waals surface area contributed by atoms with Crippen molar-refractivity contribution in [1.82, 2.24) is 4.31 Å². The minimum Gasteiger partial charge on any atom is -0.481 e. The fourth-order valence-corrected chi connectivity index (χ4v) is 5.35. The molecule has 0 unspecified atom stereocenters. The van der Waals surface area contributed by atoms with Gasteiger partial charge in [0.15, 0.2) is 0 Å². The molecule has 1 saturated heterocycles. The fourth-order valence-electron chi connectivity index (χ4n) is 1.37. The van der Waals surface area contributed by atoms with E-state index in [2.05, 4.69) is 15.9 Å². The third kappa shape index (κ3) is 1.90. The van der Waals surface area contributed by atoms with Crippen molar-refractivity contribution in [3.8, 4) is 0 Å². The molecule has 88 valence electrons. The Morgan fingerprint density at radius 3 is 2.62 bits per heavy atom. The van der Waals surface area contributed by atoms with Crippen molar-refractivity contribution >= 4 is 43.3 Å². The molecule has 1 aromatic rings. The summed E-state index contributed by atoms with van der Waals surface area (Å²) in [7, 11) is -3.51. The fraction of sp³-hybridized carbons (Fsp3) is 0.375. The number of halogens is 1. The molecule has 0 saturated carbocycles. The molecule has 16 heavy (non-hydrogen) atoms. The Hall–Kier alpha value is -0.440. The average molecular weight is 326 g/mol. The minimum absolute atomic E-state index is 0.0575. The molecule has 0 spiro atoms. The summed E-state index contributed by atoms with van der Waals surface area (Å²) in [6, 6.07) is 1.66. The first-order chi connectivity index (χ1) is 7.43. The number of hydrogen-bond acceptors (Lipinski definition) is 4. The van der Waals surface area contributed by atoms with Crippen molar-refractivity contribution in [2.75, 3.05) is 13.1 Å². The van der Waals surface area contributed by atoms with E-state index in [9.17, 15) is 13.2 Å². The maximum Gasteiger partial charge on any atom is 0.309 e. The molecule has 0 radical (unpaired) electrons. The Balaban J connectivity index is 2.18. The van der Waals surface area contributed by atoms with Crippen molar-refractivity contribution in [3.05, 3.63) is 15.9 Å². The van der Waals surface area contributed by atoms with Crippen LogP contribution in [0.2, 0.25) is 0 Å². The second kappa shape index (κ2) is 4.10. The Morgan fingerprint density at radius 1 is 1.56 bits per heavy atom. The largest absolute Gasteiger partial charge is 0.481 e. The Morgan fingerprint density at radius 2 is 2.19 bits per heavy atom. The molecule has 8 heteroatoms. The standard InChI is InChI=1S/C8H8BrNO4S2/c9-6-1-2-15-8(6)16(13,14)10-3-5(4-10)7(11)12/h1-2,5H,3-4H2,(H,11,12). The highest BCUT2D eigenvalue weighted by Crippen LogP contribution is 2.33.